The molecule has 5 nitrogen and oxygen atoms in total. The van der Waals surface area contributed by atoms with E-state index in [9.17, 15) is 4.39 Å². The molecule has 0 amide bonds. The van der Waals surface area contributed by atoms with Crippen molar-refractivity contribution < 1.29 is 8.91 Å². The Morgan fingerprint density at radius 3 is 2.95 bits per heavy atom. The number of aromatic nitrogens is 4. The number of benzene rings is 1. The first-order valence-electron chi connectivity index (χ1n) is 7.20. The van der Waals surface area contributed by atoms with E-state index in [1.54, 1.807) is 31.5 Å². The van der Waals surface area contributed by atoms with Crippen molar-refractivity contribution in [3.63, 3.8) is 0 Å². The summed E-state index contributed by atoms with van der Waals surface area (Å²) < 4.78 is 21.5. The van der Waals surface area contributed by atoms with Crippen molar-refractivity contribution in [2.75, 3.05) is 0 Å². The van der Waals surface area contributed by atoms with Crippen molar-refractivity contribution in [1.82, 2.24) is 19.7 Å². The maximum atomic E-state index is 14.1. The lowest BCUT2D eigenvalue weighted by Gasteiger charge is -2.00. The monoisotopic (exact) mass is 298 g/mol. The maximum absolute atomic E-state index is 14.1. The molecule has 1 aliphatic carbocycles. The van der Waals surface area contributed by atoms with E-state index in [2.05, 4.69) is 15.1 Å². The van der Waals surface area contributed by atoms with Gasteiger partial charge in [0.05, 0.1) is 11.9 Å². The molecule has 2 atom stereocenters. The minimum absolute atomic E-state index is 0.199. The smallest absolute Gasteiger partial charge is 0.230 e. The Labute approximate surface area is 126 Å². The van der Waals surface area contributed by atoms with Crippen LogP contribution in [0.5, 0.6) is 0 Å². The largest absolute Gasteiger partial charge is 0.339 e. The number of aryl methyl sites for hydroxylation is 2. The molecule has 112 valence electrons. The van der Waals surface area contributed by atoms with Crippen molar-refractivity contribution in [1.29, 1.82) is 0 Å². The number of imidazole rings is 1. The Kier molecular flexibility index (Phi) is 2.85. The average molecular weight is 298 g/mol. The molecule has 6 heteroatoms. The predicted molar refractivity (Wildman–Crippen MR) is 77.7 cm³/mol. The summed E-state index contributed by atoms with van der Waals surface area (Å²) >= 11 is 0. The van der Waals surface area contributed by atoms with Gasteiger partial charge in [0.25, 0.3) is 0 Å². The first kappa shape index (κ1) is 13.2. The van der Waals surface area contributed by atoms with Gasteiger partial charge in [-0.2, -0.15) is 4.98 Å². The van der Waals surface area contributed by atoms with Crippen LogP contribution in [0.25, 0.3) is 11.4 Å². The molecule has 0 spiro atoms. The van der Waals surface area contributed by atoms with Gasteiger partial charge in [-0.1, -0.05) is 17.3 Å². The fraction of sp³-hybridized carbons (Fsp3) is 0.312. The minimum Gasteiger partial charge on any atom is -0.339 e. The second kappa shape index (κ2) is 4.76. The zero-order valence-corrected chi connectivity index (χ0v) is 12.3. The topological polar surface area (TPSA) is 56.7 Å². The van der Waals surface area contributed by atoms with E-state index in [0.717, 1.165) is 12.1 Å². The van der Waals surface area contributed by atoms with Crippen molar-refractivity contribution in [3.8, 4) is 11.4 Å². The van der Waals surface area contributed by atoms with Crippen LogP contribution >= 0.6 is 0 Å². The van der Waals surface area contributed by atoms with E-state index >= 15 is 0 Å². The third-order valence-corrected chi connectivity index (χ3v) is 4.22. The number of hydrogen-bond acceptors (Lipinski definition) is 4. The summed E-state index contributed by atoms with van der Waals surface area (Å²) in [4.78, 5) is 8.52. The van der Waals surface area contributed by atoms with Crippen molar-refractivity contribution in [2.24, 2.45) is 7.05 Å². The zero-order valence-electron chi connectivity index (χ0n) is 12.3. The minimum atomic E-state index is -0.297. The second-order valence-corrected chi connectivity index (χ2v) is 5.77. The van der Waals surface area contributed by atoms with Crippen LogP contribution < -0.4 is 0 Å². The predicted octanol–water partition coefficient (Wildman–Crippen LogP) is 3.19. The second-order valence-electron chi connectivity index (χ2n) is 5.77. The molecule has 0 N–H and O–H groups in total. The van der Waals surface area contributed by atoms with Crippen LogP contribution in [0.3, 0.4) is 0 Å². The Balaban J connectivity index is 1.61. The first-order valence-corrected chi connectivity index (χ1v) is 7.20. The van der Waals surface area contributed by atoms with Crippen LogP contribution in [0.15, 0.2) is 35.2 Å². The van der Waals surface area contributed by atoms with Gasteiger partial charge in [-0.15, -0.1) is 0 Å². The van der Waals surface area contributed by atoms with E-state index in [1.165, 1.54) is 0 Å². The summed E-state index contributed by atoms with van der Waals surface area (Å²) in [5.41, 5.74) is 2.11. The Bertz CT molecular complexity index is 838. The third-order valence-electron chi connectivity index (χ3n) is 4.22. The van der Waals surface area contributed by atoms with Crippen LogP contribution in [-0.4, -0.2) is 19.7 Å². The van der Waals surface area contributed by atoms with Gasteiger partial charge in [0.1, 0.15) is 5.82 Å². The molecule has 2 heterocycles. The van der Waals surface area contributed by atoms with E-state index in [-0.39, 0.29) is 11.7 Å². The molecule has 4 rings (SSSR count). The highest BCUT2D eigenvalue weighted by molar-refractivity contribution is 5.56. The average Bonchev–Trinajstić information content (AvgIpc) is 2.94. The quantitative estimate of drug-likeness (QED) is 0.745. The van der Waals surface area contributed by atoms with Crippen LogP contribution in [0.4, 0.5) is 4.39 Å². The fourth-order valence-electron chi connectivity index (χ4n) is 2.83. The molecular formula is C16H15FN4O. The Morgan fingerprint density at radius 2 is 2.18 bits per heavy atom. The summed E-state index contributed by atoms with van der Waals surface area (Å²) in [6.07, 6.45) is 4.60. The molecule has 3 aromatic rings. The van der Waals surface area contributed by atoms with Gasteiger partial charge in [0.15, 0.2) is 0 Å². The summed E-state index contributed by atoms with van der Waals surface area (Å²) in [5.74, 6) is 1.13. The van der Waals surface area contributed by atoms with E-state index in [1.807, 2.05) is 17.8 Å². The zero-order chi connectivity index (χ0) is 15.3. The highest BCUT2D eigenvalue weighted by Gasteiger charge is 2.45. The molecule has 1 saturated carbocycles. The normalized spacial score (nSPS) is 20.3. The summed E-state index contributed by atoms with van der Waals surface area (Å²) in [6, 6.07) is 5.18. The maximum Gasteiger partial charge on any atom is 0.230 e. The molecule has 0 saturated heterocycles. The van der Waals surface area contributed by atoms with Crippen molar-refractivity contribution in [3.05, 3.63) is 53.7 Å². The van der Waals surface area contributed by atoms with Crippen molar-refractivity contribution >= 4 is 0 Å². The molecule has 22 heavy (non-hydrogen) atoms. The number of halogens is 1. The van der Waals surface area contributed by atoms with Crippen LogP contribution in [0.2, 0.25) is 0 Å². The van der Waals surface area contributed by atoms with Crippen LogP contribution in [0.1, 0.15) is 35.4 Å². The molecule has 0 bridgehead atoms. The first-order chi connectivity index (χ1) is 10.6. The molecule has 0 radical (unpaired) electrons. The fourth-order valence-corrected chi connectivity index (χ4v) is 2.83. The standard InChI is InChI=1S/C16H15FN4O/c1-9-4-3-5-10(14(9)17)15-19-16(22-20-15)12-6-11(12)13-7-18-8-21(13)2/h3-5,7-8,11-12H,6H2,1-2H3/t11-,12-/m1/s1. The van der Waals surface area contributed by atoms with Crippen LogP contribution in [0, 0.1) is 12.7 Å². The molecule has 2 aromatic heterocycles. The van der Waals surface area contributed by atoms with Gasteiger partial charge in [0.2, 0.25) is 11.7 Å². The number of hydrogen-bond donors (Lipinski definition) is 0. The van der Waals surface area contributed by atoms with Crippen LogP contribution in [-0.2, 0) is 7.05 Å². The molecular weight excluding hydrogens is 283 g/mol. The Morgan fingerprint density at radius 1 is 1.32 bits per heavy atom. The summed E-state index contributed by atoms with van der Waals surface area (Å²) in [6.45, 7) is 1.72. The lowest BCUT2D eigenvalue weighted by Crippen LogP contribution is -1.94. The SMILES string of the molecule is Cc1cccc(-c2noc([C@@H]3C[C@H]3c3cncn3C)n2)c1F. The molecule has 0 aliphatic heterocycles. The van der Waals surface area contributed by atoms with Gasteiger partial charge in [-0.05, 0) is 25.0 Å². The van der Waals surface area contributed by atoms with E-state index in [0.29, 0.717) is 28.8 Å². The van der Waals surface area contributed by atoms with E-state index in [4.69, 9.17) is 4.52 Å². The lowest BCUT2D eigenvalue weighted by atomic mass is 10.1. The molecule has 1 fully saturated rings. The van der Waals surface area contributed by atoms with Gasteiger partial charge in [-0.25, -0.2) is 9.37 Å². The molecule has 1 aromatic carbocycles. The van der Waals surface area contributed by atoms with Gasteiger partial charge in [0, 0.05) is 30.8 Å². The highest BCUT2D eigenvalue weighted by atomic mass is 19.1. The van der Waals surface area contributed by atoms with Gasteiger partial charge >= 0.3 is 0 Å². The van der Waals surface area contributed by atoms with Gasteiger partial charge < -0.3 is 9.09 Å². The third kappa shape index (κ3) is 2.03. The summed E-state index contributed by atoms with van der Waals surface area (Å²) in [5, 5.41) is 3.94. The Hall–Kier alpha value is -2.50. The lowest BCUT2D eigenvalue weighted by molar-refractivity contribution is 0.378. The number of nitrogens with zero attached hydrogens (tertiary/aromatic N) is 4. The van der Waals surface area contributed by atoms with Crippen molar-refractivity contribution in [2.45, 2.75) is 25.2 Å². The molecule has 0 unspecified atom stereocenters. The van der Waals surface area contributed by atoms with Gasteiger partial charge in [-0.3, -0.25) is 0 Å². The van der Waals surface area contributed by atoms with E-state index < -0.39 is 0 Å². The summed E-state index contributed by atoms with van der Waals surface area (Å²) in [7, 11) is 1.97. The highest BCUT2D eigenvalue weighted by Crippen LogP contribution is 2.54. The number of rotatable bonds is 3. The molecule has 1 aliphatic rings.